The molecule has 2 aliphatic heterocycles. The highest BCUT2D eigenvalue weighted by molar-refractivity contribution is 5.82. The fourth-order valence-electron chi connectivity index (χ4n) is 3.19. The van der Waals surface area contributed by atoms with Gasteiger partial charge in [-0.1, -0.05) is 13.3 Å². The van der Waals surface area contributed by atoms with Crippen molar-refractivity contribution in [3.8, 4) is 0 Å². The lowest BCUT2D eigenvalue weighted by Gasteiger charge is -2.39. The number of amides is 1. The fourth-order valence-corrected chi connectivity index (χ4v) is 3.19. The summed E-state index contributed by atoms with van der Waals surface area (Å²) in [6, 6.07) is 0.640. The molecule has 0 aromatic heterocycles. The highest BCUT2D eigenvalue weighted by atomic mass is 16.2. The highest BCUT2D eigenvalue weighted by Gasteiger charge is 2.30. The SMILES string of the molecule is CCNC1CCCN(CC2CCCCN2C)C1=O. The maximum atomic E-state index is 12.3. The highest BCUT2D eigenvalue weighted by Crippen LogP contribution is 2.19. The summed E-state index contributed by atoms with van der Waals surface area (Å²) in [6.45, 7) is 6.01. The van der Waals surface area contributed by atoms with Crippen molar-refractivity contribution in [2.45, 2.75) is 51.1 Å². The second kappa shape index (κ2) is 6.53. The first-order chi connectivity index (χ1) is 8.72. The molecule has 0 bridgehead atoms. The zero-order chi connectivity index (χ0) is 13.0. The molecule has 2 unspecified atom stereocenters. The van der Waals surface area contributed by atoms with Crippen LogP contribution in [0.4, 0.5) is 0 Å². The number of carbonyl (C=O) groups is 1. The van der Waals surface area contributed by atoms with E-state index in [1.807, 2.05) is 0 Å². The molecule has 0 spiro atoms. The van der Waals surface area contributed by atoms with Crippen molar-refractivity contribution in [2.75, 3.05) is 33.2 Å². The van der Waals surface area contributed by atoms with E-state index >= 15 is 0 Å². The molecule has 2 saturated heterocycles. The number of hydrogen-bond donors (Lipinski definition) is 1. The molecular formula is C14H27N3O. The van der Waals surface area contributed by atoms with Crippen molar-refractivity contribution < 1.29 is 4.79 Å². The Morgan fingerprint density at radius 1 is 1.22 bits per heavy atom. The molecule has 104 valence electrons. The standard InChI is InChI=1S/C14H27N3O/c1-3-15-13-8-6-10-17(14(13)18)11-12-7-4-5-9-16(12)2/h12-13,15H,3-11H2,1-2H3. The van der Waals surface area contributed by atoms with Crippen LogP contribution in [0.25, 0.3) is 0 Å². The lowest BCUT2D eigenvalue weighted by atomic mass is 9.99. The number of piperidine rings is 2. The van der Waals surface area contributed by atoms with Gasteiger partial charge in [0.25, 0.3) is 0 Å². The van der Waals surface area contributed by atoms with Crippen LogP contribution in [0.3, 0.4) is 0 Å². The van der Waals surface area contributed by atoms with Gasteiger partial charge in [0.2, 0.25) is 5.91 Å². The summed E-state index contributed by atoms with van der Waals surface area (Å²) in [5.74, 6) is 0.321. The second-order valence-corrected chi connectivity index (χ2v) is 5.67. The summed E-state index contributed by atoms with van der Waals surface area (Å²) >= 11 is 0. The van der Waals surface area contributed by atoms with Crippen molar-refractivity contribution in [3.05, 3.63) is 0 Å². The van der Waals surface area contributed by atoms with E-state index in [9.17, 15) is 4.79 Å². The maximum Gasteiger partial charge on any atom is 0.239 e. The van der Waals surface area contributed by atoms with Gasteiger partial charge in [0.15, 0.2) is 0 Å². The van der Waals surface area contributed by atoms with E-state index in [0.717, 1.165) is 32.5 Å². The van der Waals surface area contributed by atoms with Crippen molar-refractivity contribution in [1.29, 1.82) is 0 Å². The van der Waals surface area contributed by atoms with Crippen LogP contribution in [0, 0.1) is 0 Å². The Kier molecular flexibility index (Phi) is 5.01. The average Bonchev–Trinajstić information content (AvgIpc) is 2.37. The Morgan fingerprint density at radius 3 is 2.78 bits per heavy atom. The molecular weight excluding hydrogens is 226 g/mol. The number of nitrogens with one attached hydrogen (secondary N) is 1. The minimum atomic E-state index is 0.0673. The van der Waals surface area contributed by atoms with Crippen LogP contribution in [0.5, 0.6) is 0 Å². The number of likely N-dealkylation sites (tertiary alicyclic amines) is 2. The molecule has 2 aliphatic rings. The number of carbonyl (C=O) groups excluding carboxylic acids is 1. The molecule has 2 fully saturated rings. The Morgan fingerprint density at radius 2 is 2.06 bits per heavy atom. The molecule has 4 nitrogen and oxygen atoms in total. The zero-order valence-corrected chi connectivity index (χ0v) is 11.8. The second-order valence-electron chi connectivity index (χ2n) is 5.67. The quantitative estimate of drug-likeness (QED) is 0.814. The Labute approximate surface area is 111 Å². The van der Waals surface area contributed by atoms with E-state index < -0.39 is 0 Å². The average molecular weight is 253 g/mol. The summed E-state index contributed by atoms with van der Waals surface area (Å²) in [5.41, 5.74) is 0. The Balaban J connectivity index is 1.89. The third-order valence-corrected chi connectivity index (χ3v) is 4.33. The molecule has 2 atom stereocenters. The fraction of sp³-hybridized carbons (Fsp3) is 0.929. The molecule has 18 heavy (non-hydrogen) atoms. The summed E-state index contributed by atoms with van der Waals surface area (Å²) in [5, 5.41) is 3.31. The van der Waals surface area contributed by atoms with Gasteiger partial charge in [-0.15, -0.1) is 0 Å². The van der Waals surface area contributed by atoms with Crippen LogP contribution in [-0.2, 0) is 4.79 Å². The third kappa shape index (κ3) is 3.23. The molecule has 2 heterocycles. The normalized spacial score (nSPS) is 30.8. The van der Waals surface area contributed by atoms with Crippen molar-refractivity contribution in [3.63, 3.8) is 0 Å². The van der Waals surface area contributed by atoms with Crippen LogP contribution < -0.4 is 5.32 Å². The molecule has 1 N–H and O–H groups in total. The van der Waals surface area contributed by atoms with Crippen molar-refractivity contribution in [1.82, 2.24) is 15.1 Å². The molecule has 4 heteroatoms. The van der Waals surface area contributed by atoms with Gasteiger partial charge in [-0.05, 0) is 45.8 Å². The van der Waals surface area contributed by atoms with E-state index in [-0.39, 0.29) is 6.04 Å². The van der Waals surface area contributed by atoms with Crippen molar-refractivity contribution >= 4 is 5.91 Å². The number of likely N-dealkylation sites (N-methyl/N-ethyl adjacent to an activating group) is 2. The topological polar surface area (TPSA) is 35.6 Å². The molecule has 0 aromatic carbocycles. The first-order valence-electron chi connectivity index (χ1n) is 7.44. The summed E-state index contributed by atoms with van der Waals surface area (Å²) in [4.78, 5) is 16.9. The zero-order valence-electron chi connectivity index (χ0n) is 11.8. The molecule has 0 saturated carbocycles. The molecule has 0 aliphatic carbocycles. The van der Waals surface area contributed by atoms with Crippen LogP contribution in [-0.4, -0.2) is 61.0 Å². The van der Waals surface area contributed by atoms with Crippen LogP contribution in [0.2, 0.25) is 0 Å². The van der Waals surface area contributed by atoms with Gasteiger partial charge >= 0.3 is 0 Å². The van der Waals surface area contributed by atoms with Gasteiger partial charge < -0.3 is 15.1 Å². The predicted octanol–water partition coefficient (Wildman–Crippen LogP) is 1.07. The van der Waals surface area contributed by atoms with Gasteiger partial charge in [-0.3, -0.25) is 4.79 Å². The summed E-state index contributed by atoms with van der Waals surface area (Å²) < 4.78 is 0. The minimum absolute atomic E-state index is 0.0673. The Hall–Kier alpha value is -0.610. The van der Waals surface area contributed by atoms with Crippen LogP contribution in [0.15, 0.2) is 0 Å². The predicted molar refractivity (Wildman–Crippen MR) is 73.5 cm³/mol. The van der Waals surface area contributed by atoms with E-state index in [2.05, 4.69) is 29.1 Å². The molecule has 1 amide bonds. The monoisotopic (exact) mass is 253 g/mol. The third-order valence-electron chi connectivity index (χ3n) is 4.33. The smallest absolute Gasteiger partial charge is 0.239 e. The largest absolute Gasteiger partial charge is 0.340 e. The van der Waals surface area contributed by atoms with E-state index in [0.29, 0.717) is 11.9 Å². The van der Waals surface area contributed by atoms with Gasteiger partial charge in [-0.25, -0.2) is 0 Å². The van der Waals surface area contributed by atoms with Gasteiger partial charge in [0.05, 0.1) is 6.04 Å². The minimum Gasteiger partial charge on any atom is -0.340 e. The van der Waals surface area contributed by atoms with Gasteiger partial charge in [-0.2, -0.15) is 0 Å². The number of rotatable bonds is 4. The maximum absolute atomic E-state index is 12.3. The Bertz CT molecular complexity index is 280. The molecule has 0 aromatic rings. The first kappa shape index (κ1) is 13.8. The molecule has 2 rings (SSSR count). The van der Waals surface area contributed by atoms with Gasteiger partial charge in [0, 0.05) is 19.1 Å². The van der Waals surface area contributed by atoms with Crippen molar-refractivity contribution in [2.24, 2.45) is 0 Å². The van der Waals surface area contributed by atoms with Crippen LogP contribution in [0.1, 0.15) is 39.0 Å². The van der Waals surface area contributed by atoms with Gasteiger partial charge in [0.1, 0.15) is 0 Å². The number of hydrogen-bond acceptors (Lipinski definition) is 3. The summed E-state index contributed by atoms with van der Waals surface area (Å²) in [6.07, 6.45) is 6.00. The van der Waals surface area contributed by atoms with E-state index in [1.165, 1.54) is 25.8 Å². The van der Waals surface area contributed by atoms with E-state index in [4.69, 9.17) is 0 Å². The first-order valence-corrected chi connectivity index (χ1v) is 7.44. The van der Waals surface area contributed by atoms with Crippen LogP contribution >= 0.6 is 0 Å². The lowest BCUT2D eigenvalue weighted by molar-refractivity contribution is -0.137. The molecule has 0 radical (unpaired) electrons. The van der Waals surface area contributed by atoms with E-state index in [1.54, 1.807) is 0 Å². The summed E-state index contributed by atoms with van der Waals surface area (Å²) in [7, 11) is 2.19. The lowest BCUT2D eigenvalue weighted by Crippen LogP contribution is -2.54. The number of nitrogens with zero attached hydrogens (tertiary/aromatic N) is 2.